The van der Waals surface area contributed by atoms with E-state index in [9.17, 15) is 22.4 Å². The minimum absolute atomic E-state index is 0.204. The Kier molecular flexibility index (Phi) is 8.71. The lowest BCUT2D eigenvalue weighted by atomic mass is 10.1. The normalized spacial score (nSPS) is 12.7. The number of carbonyl (C=O) groups excluding carboxylic acids is 2. The Morgan fingerprint density at radius 1 is 1.15 bits per heavy atom. The van der Waals surface area contributed by atoms with E-state index in [0.29, 0.717) is 5.02 Å². The van der Waals surface area contributed by atoms with Crippen molar-refractivity contribution in [1.82, 2.24) is 10.2 Å². The third-order valence-corrected chi connectivity index (χ3v) is 6.63. The number of carbonyl (C=O) groups is 2. The fraction of sp³-hybridized carbons (Fsp3) is 0.417. The fourth-order valence-corrected chi connectivity index (χ4v) is 4.23. The minimum Gasteiger partial charge on any atom is -0.350 e. The number of amides is 2. The molecule has 0 spiro atoms. The molecule has 2 rings (SSSR count). The molecule has 0 unspecified atom stereocenters. The molecule has 0 aliphatic carbocycles. The van der Waals surface area contributed by atoms with Gasteiger partial charge in [0.25, 0.3) is 0 Å². The van der Waals surface area contributed by atoms with Crippen LogP contribution in [0.4, 0.5) is 10.1 Å². The van der Waals surface area contributed by atoms with Crippen molar-refractivity contribution in [2.45, 2.75) is 52.7 Å². The molecule has 7 nitrogen and oxygen atoms in total. The van der Waals surface area contributed by atoms with Crippen molar-refractivity contribution in [2.75, 3.05) is 17.1 Å². The molecule has 2 amide bonds. The summed E-state index contributed by atoms with van der Waals surface area (Å²) in [5.74, 6) is -1.64. The number of halogens is 2. The summed E-state index contributed by atoms with van der Waals surface area (Å²) >= 11 is 6.17. The van der Waals surface area contributed by atoms with Gasteiger partial charge in [0, 0.05) is 22.7 Å². The van der Waals surface area contributed by atoms with Gasteiger partial charge < -0.3 is 10.2 Å². The van der Waals surface area contributed by atoms with E-state index in [0.717, 1.165) is 16.1 Å². The first-order chi connectivity index (χ1) is 15.6. The summed E-state index contributed by atoms with van der Waals surface area (Å²) in [5.41, 5.74) is 0.605. The van der Waals surface area contributed by atoms with Crippen LogP contribution in [0.15, 0.2) is 42.5 Å². The zero-order valence-corrected chi connectivity index (χ0v) is 21.8. The van der Waals surface area contributed by atoms with Crippen LogP contribution in [0.5, 0.6) is 0 Å². The first-order valence-electron chi connectivity index (χ1n) is 10.7. The lowest BCUT2D eigenvalue weighted by Crippen LogP contribution is -2.54. The van der Waals surface area contributed by atoms with E-state index in [1.165, 1.54) is 36.1 Å². The number of benzene rings is 2. The summed E-state index contributed by atoms with van der Waals surface area (Å²) in [5, 5.41) is 3.15. The van der Waals surface area contributed by atoms with E-state index in [1.807, 2.05) is 0 Å². The number of anilines is 1. The molecule has 1 atom stereocenters. The second-order valence-corrected chi connectivity index (χ2v) is 11.5. The number of nitrogens with zero attached hydrogens (tertiary/aromatic N) is 2. The fourth-order valence-electron chi connectivity index (χ4n) is 3.22. The van der Waals surface area contributed by atoms with Crippen LogP contribution in [-0.4, -0.2) is 49.5 Å². The molecule has 0 radical (unpaired) electrons. The summed E-state index contributed by atoms with van der Waals surface area (Å²) in [6.45, 7) is 7.89. The van der Waals surface area contributed by atoms with Crippen molar-refractivity contribution in [3.8, 4) is 0 Å². The monoisotopic (exact) mass is 511 g/mol. The molecule has 0 aliphatic rings. The van der Waals surface area contributed by atoms with Crippen LogP contribution in [0.3, 0.4) is 0 Å². The Morgan fingerprint density at radius 2 is 1.76 bits per heavy atom. The molecule has 0 bridgehead atoms. The quantitative estimate of drug-likeness (QED) is 0.582. The average molecular weight is 512 g/mol. The van der Waals surface area contributed by atoms with Gasteiger partial charge >= 0.3 is 0 Å². The second kappa shape index (κ2) is 10.7. The number of sulfonamides is 1. The van der Waals surface area contributed by atoms with Crippen molar-refractivity contribution < 1.29 is 22.4 Å². The zero-order valence-electron chi connectivity index (χ0n) is 20.2. The number of hydrogen-bond donors (Lipinski definition) is 1. The number of rotatable bonds is 8. The summed E-state index contributed by atoms with van der Waals surface area (Å²) in [7, 11) is -3.88. The van der Waals surface area contributed by atoms with Gasteiger partial charge in [-0.15, -0.1) is 0 Å². The van der Waals surface area contributed by atoms with Gasteiger partial charge in [-0.3, -0.25) is 13.9 Å². The molecular weight excluding hydrogens is 481 g/mol. The molecule has 1 N–H and O–H groups in total. The van der Waals surface area contributed by atoms with Gasteiger partial charge in [-0.2, -0.15) is 0 Å². The maximum Gasteiger partial charge on any atom is 0.244 e. The van der Waals surface area contributed by atoms with Crippen LogP contribution >= 0.6 is 11.6 Å². The highest BCUT2D eigenvalue weighted by Crippen LogP contribution is 2.25. The van der Waals surface area contributed by atoms with E-state index in [1.54, 1.807) is 45.9 Å². The topological polar surface area (TPSA) is 86.8 Å². The van der Waals surface area contributed by atoms with Gasteiger partial charge in [-0.25, -0.2) is 12.8 Å². The van der Waals surface area contributed by atoms with Crippen molar-refractivity contribution in [2.24, 2.45) is 0 Å². The van der Waals surface area contributed by atoms with Crippen LogP contribution in [0.25, 0.3) is 0 Å². The number of aryl methyl sites for hydroxylation is 1. The predicted octanol–water partition coefficient (Wildman–Crippen LogP) is 3.89. The summed E-state index contributed by atoms with van der Waals surface area (Å²) in [6.07, 6.45) is 0.977. The highest BCUT2D eigenvalue weighted by molar-refractivity contribution is 7.92. The van der Waals surface area contributed by atoms with Crippen molar-refractivity contribution in [3.05, 3.63) is 64.4 Å². The third kappa shape index (κ3) is 7.43. The third-order valence-electron chi connectivity index (χ3n) is 5.09. The number of hydrogen-bond acceptors (Lipinski definition) is 4. The van der Waals surface area contributed by atoms with E-state index < -0.39 is 45.8 Å². The molecule has 0 aromatic heterocycles. The van der Waals surface area contributed by atoms with Gasteiger partial charge in [-0.05, 0) is 58.4 Å². The van der Waals surface area contributed by atoms with E-state index in [4.69, 9.17) is 11.6 Å². The van der Waals surface area contributed by atoms with Crippen molar-refractivity contribution >= 4 is 39.1 Å². The molecule has 2 aromatic carbocycles. The predicted molar refractivity (Wildman–Crippen MR) is 133 cm³/mol. The summed E-state index contributed by atoms with van der Waals surface area (Å²) in [4.78, 5) is 27.5. The van der Waals surface area contributed by atoms with E-state index in [-0.39, 0.29) is 17.8 Å². The Labute approximate surface area is 205 Å². The molecule has 10 heteroatoms. The first-order valence-corrected chi connectivity index (χ1v) is 12.9. The van der Waals surface area contributed by atoms with Crippen LogP contribution in [-0.2, 0) is 26.2 Å². The molecular formula is C24H31ClFN3O4S. The van der Waals surface area contributed by atoms with Gasteiger partial charge in [0.1, 0.15) is 18.4 Å². The SMILES string of the molecule is Cc1ccc(N(CC(=O)N(Cc2ccccc2F)[C@H](C)C(=O)NC(C)(C)C)S(C)(=O)=O)cc1Cl. The molecule has 0 fully saturated rings. The molecule has 186 valence electrons. The van der Waals surface area contributed by atoms with Gasteiger partial charge in [-0.1, -0.05) is 35.9 Å². The standard InChI is InChI=1S/C24H31ClFN3O4S/c1-16-11-12-19(13-20(16)25)29(34(6,32)33)15-22(30)28(14-18-9-7-8-10-21(18)26)17(2)23(31)27-24(3,4)5/h7-13,17H,14-15H2,1-6H3,(H,27,31)/t17-/m1/s1. The average Bonchev–Trinajstić information content (AvgIpc) is 2.70. The highest BCUT2D eigenvalue weighted by Gasteiger charge is 2.31. The summed E-state index contributed by atoms with van der Waals surface area (Å²) < 4.78 is 40.4. The molecule has 34 heavy (non-hydrogen) atoms. The lowest BCUT2D eigenvalue weighted by molar-refractivity contribution is -0.140. The van der Waals surface area contributed by atoms with Crippen molar-refractivity contribution in [1.29, 1.82) is 0 Å². The van der Waals surface area contributed by atoms with Gasteiger partial charge in [0.05, 0.1) is 11.9 Å². The number of nitrogens with one attached hydrogen (secondary N) is 1. The largest absolute Gasteiger partial charge is 0.350 e. The van der Waals surface area contributed by atoms with Crippen LogP contribution in [0.1, 0.15) is 38.8 Å². The first kappa shape index (κ1) is 27.6. The maximum atomic E-state index is 14.4. The Morgan fingerprint density at radius 3 is 2.29 bits per heavy atom. The molecule has 0 saturated heterocycles. The van der Waals surface area contributed by atoms with Crippen LogP contribution in [0.2, 0.25) is 5.02 Å². The minimum atomic E-state index is -3.88. The Hall–Kier alpha value is -2.65. The lowest BCUT2D eigenvalue weighted by Gasteiger charge is -2.33. The van der Waals surface area contributed by atoms with Crippen LogP contribution < -0.4 is 9.62 Å². The van der Waals surface area contributed by atoms with Crippen LogP contribution in [0, 0.1) is 12.7 Å². The van der Waals surface area contributed by atoms with E-state index in [2.05, 4.69) is 5.32 Å². The highest BCUT2D eigenvalue weighted by atomic mass is 35.5. The molecule has 2 aromatic rings. The molecule has 0 aliphatic heterocycles. The zero-order chi connectivity index (χ0) is 25.8. The maximum absolute atomic E-state index is 14.4. The van der Waals surface area contributed by atoms with E-state index >= 15 is 0 Å². The smallest absolute Gasteiger partial charge is 0.244 e. The second-order valence-electron chi connectivity index (χ2n) is 9.23. The Bertz CT molecular complexity index is 1170. The Balaban J connectivity index is 2.44. The summed E-state index contributed by atoms with van der Waals surface area (Å²) in [6, 6.07) is 9.58. The van der Waals surface area contributed by atoms with Crippen molar-refractivity contribution in [3.63, 3.8) is 0 Å². The molecule has 0 saturated carbocycles. The molecule has 0 heterocycles. The van der Waals surface area contributed by atoms with Gasteiger partial charge in [0.2, 0.25) is 21.8 Å². The van der Waals surface area contributed by atoms with Gasteiger partial charge in [0.15, 0.2) is 0 Å².